The highest BCUT2D eigenvalue weighted by atomic mass is 127. The second-order valence-electron chi connectivity index (χ2n) is 6.07. The largest absolute Gasteiger partial charge is 0.339 e. The van der Waals surface area contributed by atoms with Crippen molar-refractivity contribution in [3.05, 3.63) is 62.7 Å². The van der Waals surface area contributed by atoms with Gasteiger partial charge in [0.05, 0.1) is 0 Å². The lowest BCUT2D eigenvalue weighted by Crippen LogP contribution is -2.41. The second kappa shape index (κ2) is 8.19. The lowest BCUT2D eigenvalue weighted by atomic mass is 9.95. The molecule has 1 heterocycles. The Labute approximate surface area is 165 Å². The summed E-state index contributed by atoms with van der Waals surface area (Å²) < 4.78 is 1.08. The molecule has 1 aliphatic rings. The summed E-state index contributed by atoms with van der Waals surface area (Å²) >= 11 is 8.08. The number of nitrogens with zero attached hydrogens (tertiary/aromatic N) is 1. The summed E-state index contributed by atoms with van der Waals surface area (Å²) in [6.45, 7) is 1.18. The van der Waals surface area contributed by atoms with E-state index in [1.807, 2.05) is 24.3 Å². The Morgan fingerprint density at radius 1 is 1.08 bits per heavy atom. The molecule has 1 aliphatic heterocycles. The predicted octanol–water partition coefficient (Wildman–Crippen LogP) is 4.44. The van der Waals surface area contributed by atoms with Gasteiger partial charge in [-0.05, 0) is 77.9 Å². The van der Waals surface area contributed by atoms with E-state index in [1.165, 1.54) is 0 Å². The number of carbonyl (C=O) groups is 2. The third-order valence-corrected chi connectivity index (χ3v) is 5.26. The molecule has 0 aromatic heterocycles. The van der Waals surface area contributed by atoms with Crippen molar-refractivity contribution in [1.82, 2.24) is 4.90 Å². The van der Waals surface area contributed by atoms with Crippen LogP contribution in [0.5, 0.6) is 0 Å². The normalized spacial score (nSPS) is 15.0. The molecule has 1 saturated heterocycles. The lowest BCUT2D eigenvalue weighted by Gasteiger charge is -2.31. The Morgan fingerprint density at radius 3 is 2.40 bits per heavy atom. The molecule has 3 rings (SSSR count). The van der Waals surface area contributed by atoms with Crippen molar-refractivity contribution in [2.24, 2.45) is 5.92 Å². The molecule has 6 heteroatoms. The van der Waals surface area contributed by atoms with E-state index in [4.69, 9.17) is 11.6 Å². The Kier molecular flexibility index (Phi) is 5.96. The molecule has 1 fully saturated rings. The number of likely N-dealkylation sites (tertiary alicyclic amines) is 1. The molecule has 25 heavy (non-hydrogen) atoms. The molecular weight excluding hydrogens is 451 g/mol. The minimum absolute atomic E-state index is 0.00635. The molecule has 130 valence electrons. The smallest absolute Gasteiger partial charge is 0.253 e. The number of anilines is 1. The number of hydrogen-bond acceptors (Lipinski definition) is 2. The van der Waals surface area contributed by atoms with Crippen molar-refractivity contribution in [1.29, 1.82) is 0 Å². The zero-order chi connectivity index (χ0) is 17.8. The van der Waals surface area contributed by atoms with E-state index < -0.39 is 0 Å². The lowest BCUT2D eigenvalue weighted by molar-refractivity contribution is -0.121. The van der Waals surface area contributed by atoms with Gasteiger partial charge in [-0.3, -0.25) is 9.59 Å². The van der Waals surface area contributed by atoms with Crippen molar-refractivity contribution >= 4 is 51.7 Å². The first-order chi connectivity index (χ1) is 12.0. The number of hydrogen-bond donors (Lipinski definition) is 1. The molecule has 0 atom stereocenters. The fraction of sp³-hybridized carbons (Fsp3) is 0.263. The number of rotatable bonds is 3. The number of halogens is 2. The molecule has 2 amide bonds. The van der Waals surface area contributed by atoms with Gasteiger partial charge in [0.1, 0.15) is 0 Å². The summed E-state index contributed by atoms with van der Waals surface area (Å²) in [5.74, 6) is -0.0409. The Bertz CT molecular complexity index is 771. The molecular formula is C19H18ClIN2O2. The van der Waals surface area contributed by atoms with Crippen LogP contribution in [-0.4, -0.2) is 29.8 Å². The van der Waals surface area contributed by atoms with Gasteiger partial charge < -0.3 is 10.2 Å². The summed E-state index contributed by atoms with van der Waals surface area (Å²) in [5, 5.41) is 3.59. The number of amides is 2. The summed E-state index contributed by atoms with van der Waals surface area (Å²) in [7, 11) is 0. The van der Waals surface area contributed by atoms with Crippen molar-refractivity contribution in [3.63, 3.8) is 0 Å². The van der Waals surface area contributed by atoms with Crippen LogP contribution in [0, 0.1) is 9.49 Å². The van der Waals surface area contributed by atoms with E-state index >= 15 is 0 Å². The zero-order valence-corrected chi connectivity index (χ0v) is 16.5. The molecule has 0 aliphatic carbocycles. The maximum Gasteiger partial charge on any atom is 0.253 e. The third kappa shape index (κ3) is 4.73. The number of nitrogens with one attached hydrogen (secondary N) is 1. The monoisotopic (exact) mass is 468 g/mol. The van der Waals surface area contributed by atoms with Crippen LogP contribution < -0.4 is 5.32 Å². The fourth-order valence-electron chi connectivity index (χ4n) is 2.93. The summed E-state index contributed by atoms with van der Waals surface area (Å²) in [6.07, 6.45) is 1.35. The minimum atomic E-state index is -0.0628. The first-order valence-corrected chi connectivity index (χ1v) is 9.60. The van der Waals surface area contributed by atoms with Crippen molar-refractivity contribution < 1.29 is 9.59 Å². The van der Waals surface area contributed by atoms with E-state index in [-0.39, 0.29) is 17.7 Å². The van der Waals surface area contributed by atoms with Crippen LogP contribution in [0.2, 0.25) is 5.02 Å². The standard InChI is InChI=1S/C19H18ClIN2O2/c20-15-6-4-14(5-7-15)19(25)23-10-8-13(9-11-23)18(24)22-17-3-1-2-16(21)12-17/h1-7,12-13H,8-11H2,(H,22,24). The van der Waals surface area contributed by atoms with E-state index in [9.17, 15) is 9.59 Å². The first kappa shape index (κ1) is 18.2. The average molecular weight is 469 g/mol. The van der Waals surface area contributed by atoms with Crippen LogP contribution in [-0.2, 0) is 4.79 Å². The van der Waals surface area contributed by atoms with Crippen LogP contribution in [0.25, 0.3) is 0 Å². The van der Waals surface area contributed by atoms with Gasteiger partial charge in [-0.2, -0.15) is 0 Å². The van der Waals surface area contributed by atoms with Gasteiger partial charge in [0, 0.05) is 38.9 Å². The van der Waals surface area contributed by atoms with Gasteiger partial charge >= 0.3 is 0 Å². The number of piperidine rings is 1. The Morgan fingerprint density at radius 2 is 1.76 bits per heavy atom. The van der Waals surface area contributed by atoms with Crippen LogP contribution in [0.1, 0.15) is 23.2 Å². The highest BCUT2D eigenvalue weighted by Gasteiger charge is 2.27. The molecule has 0 saturated carbocycles. The molecule has 4 nitrogen and oxygen atoms in total. The van der Waals surface area contributed by atoms with Gasteiger partial charge in [-0.1, -0.05) is 17.7 Å². The minimum Gasteiger partial charge on any atom is -0.339 e. The second-order valence-corrected chi connectivity index (χ2v) is 7.76. The van der Waals surface area contributed by atoms with Crippen LogP contribution >= 0.6 is 34.2 Å². The summed E-state index contributed by atoms with van der Waals surface area (Å²) in [4.78, 5) is 26.7. The SMILES string of the molecule is O=C(Nc1cccc(I)c1)C1CCN(C(=O)c2ccc(Cl)cc2)CC1. The van der Waals surface area contributed by atoms with Crippen molar-refractivity contribution in [2.45, 2.75) is 12.8 Å². The highest BCUT2D eigenvalue weighted by Crippen LogP contribution is 2.22. The van der Waals surface area contributed by atoms with Crippen LogP contribution in [0.4, 0.5) is 5.69 Å². The summed E-state index contributed by atoms with van der Waals surface area (Å²) in [5.41, 5.74) is 1.45. The molecule has 0 spiro atoms. The Balaban J connectivity index is 1.55. The van der Waals surface area contributed by atoms with Crippen molar-refractivity contribution in [2.75, 3.05) is 18.4 Å². The van der Waals surface area contributed by atoms with Gasteiger partial charge in [-0.25, -0.2) is 0 Å². The maximum absolute atomic E-state index is 12.5. The number of benzene rings is 2. The van der Waals surface area contributed by atoms with E-state index in [2.05, 4.69) is 27.9 Å². The van der Waals surface area contributed by atoms with E-state index in [0.29, 0.717) is 36.5 Å². The van der Waals surface area contributed by atoms with Gasteiger partial charge in [0.15, 0.2) is 0 Å². The molecule has 0 bridgehead atoms. The van der Waals surface area contributed by atoms with Gasteiger partial charge in [0.2, 0.25) is 5.91 Å². The number of carbonyl (C=O) groups excluding carboxylic acids is 2. The molecule has 0 unspecified atom stereocenters. The van der Waals surface area contributed by atoms with Crippen LogP contribution in [0.15, 0.2) is 48.5 Å². The Hall–Kier alpha value is -1.60. The van der Waals surface area contributed by atoms with Crippen LogP contribution in [0.3, 0.4) is 0 Å². The summed E-state index contributed by atoms with van der Waals surface area (Å²) in [6, 6.07) is 14.6. The van der Waals surface area contributed by atoms with Gasteiger partial charge in [-0.15, -0.1) is 0 Å². The van der Waals surface area contributed by atoms with Gasteiger partial charge in [0.25, 0.3) is 5.91 Å². The third-order valence-electron chi connectivity index (χ3n) is 4.34. The molecule has 0 radical (unpaired) electrons. The quantitative estimate of drug-likeness (QED) is 0.677. The topological polar surface area (TPSA) is 49.4 Å². The van der Waals surface area contributed by atoms with E-state index in [0.717, 1.165) is 9.26 Å². The maximum atomic E-state index is 12.5. The molecule has 2 aromatic carbocycles. The molecule has 1 N–H and O–H groups in total. The first-order valence-electron chi connectivity index (χ1n) is 8.14. The van der Waals surface area contributed by atoms with E-state index in [1.54, 1.807) is 29.2 Å². The highest BCUT2D eigenvalue weighted by molar-refractivity contribution is 14.1. The zero-order valence-electron chi connectivity index (χ0n) is 13.5. The average Bonchev–Trinajstić information content (AvgIpc) is 2.62. The van der Waals surface area contributed by atoms with Crippen molar-refractivity contribution in [3.8, 4) is 0 Å². The predicted molar refractivity (Wildman–Crippen MR) is 108 cm³/mol. The fourth-order valence-corrected chi connectivity index (χ4v) is 3.60. The molecule has 2 aromatic rings.